The van der Waals surface area contributed by atoms with Crippen LogP contribution in [0.25, 0.3) is 0 Å². The summed E-state index contributed by atoms with van der Waals surface area (Å²) in [6.45, 7) is 4.89. The highest BCUT2D eigenvalue weighted by Crippen LogP contribution is 2.17. The van der Waals surface area contributed by atoms with E-state index in [9.17, 15) is 19.8 Å². The molecule has 0 spiro atoms. The van der Waals surface area contributed by atoms with Gasteiger partial charge in [0.15, 0.2) is 0 Å². The molecule has 0 radical (unpaired) electrons. The van der Waals surface area contributed by atoms with Crippen LogP contribution >= 0.6 is 0 Å². The summed E-state index contributed by atoms with van der Waals surface area (Å²) in [4.78, 5) is 24.5. The summed E-state index contributed by atoms with van der Waals surface area (Å²) in [5.41, 5.74) is 0. The van der Waals surface area contributed by atoms with E-state index in [1.807, 2.05) is 6.08 Å². The molecule has 430 valence electrons. The van der Waals surface area contributed by atoms with Crippen LogP contribution in [-0.2, 0) is 14.3 Å². The standard InChI is InChI=1S/C67H127NO5/c1-3-5-7-9-11-13-15-16-17-30-33-36-40-43-47-51-55-59-65(70)64(63-69)68-66(71)60-56-52-48-44-41-37-34-31-28-26-24-22-20-18-19-21-23-25-27-29-32-35-38-42-46-50-54-58-62-73-67(72)61-57-53-49-45-39-14-12-10-8-6-4-2/h10,12,18-19,55,59,64-65,69-70H,3-9,11,13-17,20-54,56-58,60-63H2,1-2H3,(H,68,71)/b12-10-,19-18-,59-55+. The fraction of sp³-hybridized carbons (Fsp3) is 0.881. The maximum atomic E-state index is 12.5. The second-order valence-corrected chi connectivity index (χ2v) is 22.4. The lowest BCUT2D eigenvalue weighted by molar-refractivity contribution is -0.143. The summed E-state index contributed by atoms with van der Waals surface area (Å²) in [5, 5.41) is 23.2. The third kappa shape index (κ3) is 59.2. The van der Waals surface area contributed by atoms with Gasteiger partial charge in [-0.3, -0.25) is 9.59 Å². The quantitative estimate of drug-likeness (QED) is 0.0320. The van der Waals surface area contributed by atoms with Gasteiger partial charge in [-0.25, -0.2) is 0 Å². The Hall–Kier alpha value is -1.92. The average molecular weight is 1030 g/mol. The normalized spacial score (nSPS) is 12.8. The lowest BCUT2D eigenvalue weighted by atomic mass is 10.0. The van der Waals surface area contributed by atoms with Crippen molar-refractivity contribution in [2.45, 2.75) is 366 Å². The first kappa shape index (κ1) is 71.1. The largest absolute Gasteiger partial charge is 0.466 e. The van der Waals surface area contributed by atoms with Crippen LogP contribution in [0.1, 0.15) is 354 Å². The van der Waals surface area contributed by atoms with Crippen LogP contribution in [0.4, 0.5) is 0 Å². The predicted molar refractivity (Wildman–Crippen MR) is 319 cm³/mol. The zero-order chi connectivity index (χ0) is 52.9. The molecular formula is C67H127NO5. The Morgan fingerprint density at radius 2 is 0.658 bits per heavy atom. The first-order chi connectivity index (χ1) is 36.0. The Morgan fingerprint density at radius 3 is 1.01 bits per heavy atom. The van der Waals surface area contributed by atoms with Crippen LogP contribution in [0, 0.1) is 0 Å². The number of hydrogen-bond donors (Lipinski definition) is 3. The Balaban J connectivity index is 3.41. The molecular weight excluding hydrogens is 899 g/mol. The van der Waals surface area contributed by atoms with E-state index in [1.165, 1.54) is 283 Å². The zero-order valence-corrected chi connectivity index (χ0v) is 49.1. The molecule has 0 fully saturated rings. The summed E-state index contributed by atoms with van der Waals surface area (Å²) in [6.07, 6.45) is 79.2. The fourth-order valence-corrected chi connectivity index (χ4v) is 10.1. The van der Waals surface area contributed by atoms with Crippen molar-refractivity contribution in [3.63, 3.8) is 0 Å². The molecule has 0 saturated carbocycles. The maximum Gasteiger partial charge on any atom is 0.305 e. The van der Waals surface area contributed by atoms with Crippen molar-refractivity contribution in [3.8, 4) is 0 Å². The van der Waals surface area contributed by atoms with Crippen LogP contribution in [0.15, 0.2) is 36.5 Å². The molecule has 0 aliphatic heterocycles. The van der Waals surface area contributed by atoms with Crippen molar-refractivity contribution in [2.75, 3.05) is 13.2 Å². The van der Waals surface area contributed by atoms with E-state index in [4.69, 9.17) is 4.74 Å². The van der Waals surface area contributed by atoms with E-state index in [0.717, 1.165) is 44.9 Å². The van der Waals surface area contributed by atoms with E-state index >= 15 is 0 Å². The SMILES string of the molecule is CCCC/C=C\CCCCCCCC(=O)OCCCCCCCCCCCCCC/C=C\CCCCCCCCCCCCCCC(=O)NC(CO)C(O)/C=C/CCCCCCCCCCCCCCCCC. The number of esters is 1. The van der Waals surface area contributed by atoms with Gasteiger partial charge in [-0.1, -0.05) is 301 Å². The smallest absolute Gasteiger partial charge is 0.305 e. The highest BCUT2D eigenvalue weighted by atomic mass is 16.5. The van der Waals surface area contributed by atoms with Crippen molar-refractivity contribution in [1.82, 2.24) is 5.32 Å². The number of hydrogen-bond acceptors (Lipinski definition) is 5. The molecule has 0 heterocycles. The number of amides is 1. The summed E-state index contributed by atoms with van der Waals surface area (Å²) < 4.78 is 5.46. The van der Waals surface area contributed by atoms with Gasteiger partial charge in [-0.15, -0.1) is 0 Å². The predicted octanol–water partition coefficient (Wildman–Crippen LogP) is 20.8. The number of rotatable bonds is 61. The first-order valence-electron chi connectivity index (χ1n) is 32.8. The molecule has 0 rings (SSSR count). The number of ether oxygens (including phenoxy) is 1. The molecule has 73 heavy (non-hydrogen) atoms. The lowest BCUT2D eigenvalue weighted by Crippen LogP contribution is -2.45. The van der Waals surface area contributed by atoms with Gasteiger partial charge < -0.3 is 20.3 Å². The molecule has 0 saturated heterocycles. The van der Waals surface area contributed by atoms with Gasteiger partial charge in [0.2, 0.25) is 5.91 Å². The van der Waals surface area contributed by atoms with Gasteiger partial charge in [0.25, 0.3) is 0 Å². The number of aliphatic hydroxyl groups is 2. The third-order valence-corrected chi connectivity index (χ3v) is 15.1. The van der Waals surface area contributed by atoms with Crippen LogP contribution in [0.3, 0.4) is 0 Å². The molecule has 2 unspecified atom stereocenters. The summed E-state index contributed by atoms with van der Waals surface area (Å²) in [5.74, 6) is -0.0614. The molecule has 6 heteroatoms. The zero-order valence-electron chi connectivity index (χ0n) is 49.1. The minimum absolute atomic E-state index is 0.00438. The minimum Gasteiger partial charge on any atom is -0.466 e. The van der Waals surface area contributed by atoms with Crippen molar-refractivity contribution >= 4 is 11.9 Å². The van der Waals surface area contributed by atoms with Gasteiger partial charge >= 0.3 is 5.97 Å². The summed E-state index contributed by atoms with van der Waals surface area (Å²) in [7, 11) is 0. The molecule has 0 aromatic carbocycles. The maximum absolute atomic E-state index is 12.5. The van der Waals surface area contributed by atoms with E-state index < -0.39 is 12.1 Å². The molecule has 3 N–H and O–H groups in total. The monoisotopic (exact) mass is 1030 g/mol. The molecule has 1 amide bonds. The number of carbonyl (C=O) groups excluding carboxylic acids is 2. The van der Waals surface area contributed by atoms with Crippen LogP contribution in [0.2, 0.25) is 0 Å². The van der Waals surface area contributed by atoms with Crippen molar-refractivity contribution < 1.29 is 24.5 Å². The van der Waals surface area contributed by atoms with Gasteiger partial charge in [0.05, 0.1) is 25.4 Å². The summed E-state index contributed by atoms with van der Waals surface area (Å²) >= 11 is 0. The van der Waals surface area contributed by atoms with Crippen molar-refractivity contribution in [2.24, 2.45) is 0 Å². The van der Waals surface area contributed by atoms with E-state index in [2.05, 4.69) is 43.5 Å². The highest BCUT2D eigenvalue weighted by molar-refractivity contribution is 5.76. The van der Waals surface area contributed by atoms with Crippen LogP contribution in [0.5, 0.6) is 0 Å². The molecule has 2 atom stereocenters. The number of carbonyl (C=O) groups is 2. The second kappa shape index (κ2) is 62.6. The third-order valence-electron chi connectivity index (χ3n) is 15.1. The van der Waals surface area contributed by atoms with Crippen LogP contribution < -0.4 is 5.32 Å². The first-order valence-corrected chi connectivity index (χ1v) is 32.8. The van der Waals surface area contributed by atoms with Gasteiger partial charge in [0.1, 0.15) is 0 Å². The minimum atomic E-state index is -0.845. The topological polar surface area (TPSA) is 95.9 Å². The summed E-state index contributed by atoms with van der Waals surface area (Å²) in [6, 6.07) is -0.628. The van der Waals surface area contributed by atoms with Gasteiger partial charge in [-0.05, 0) is 77.0 Å². The van der Waals surface area contributed by atoms with Gasteiger partial charge in [-0.2, -0.15) is 0 Å². The van der Waals surface area contributed by atoms with E-state index in [-0.39, 0.29) is 18.5 Å². The number of nitrogens with one attached hydrogen (secondary N) is 1. The Bertz CT molecular complexity index is 1180. The average Bonchev–Trinajstić information content (AvgIpc) is 3.39. The Morgan fingerprint density at radius 1 is 0.370 bits per heavy atom. The van der Waals surface area contributed by atoms with Crippen molar-refractivity contribution in [3.05, 3.63) is 36.5 Å². The lowest BCUT2D eigenvalue weighted by Gasteiger charge is -2.20. The molecule has 6 nitrogen and oxygen atoms in total. The Kier molecular flexibility index (Phi) is 61.0. The second-order valence-electron chi connectivity index (χ2n) is 22.4. The van der Waals surface area contributed by atoms with Gasteiger partial charge in [0, 0.05) is 12.8 Å². The molecule has 0 aliphatic rings. The molecule has 0 aromatic heterocycles. The number of unbranched alkanes of at least 4 members (excludes halogenated alkanes) is 46. The molecule has 0 aliphatic carbocycles. The molecule has 0 bridgehead atoms. The Labute approximate surface area is 455 Å². The molecule has 0 aromatic rings. The number of allylic oxidation sites excluding steroid dienone is 5. The van der Waals surface area contributed by atoms with Crippen LogP contribution in [-0.4, -0.2) is 47.4 Å². The van der Waals surface area contributed by atoms with E-state index in [0.29, 0.717) is 19.4 Å². The van der Waals surface area contributed by atoms with E-state index in [1.54, 1.807) is 6.08 Å². The van der Waals surface area contributed by atoms with Crippen molar-refractivity contribution in [1.29, 1.82) is 0 Å². The fourth-order valence-electron chi connectivity index (χ4n) is 10.1. The number of aliphatic hydroxyl groups excluding tert-OH is 2. The highest BCUT2D eigenvalue weighted by Gasteiger charge is 2.18.